The van der Waals surface area contributed by atoms with E-state index in [1.807, 2.05) is 7.05 Å². The molecule has 6 heteroatoms. The first-order valence-electron chi connectivity index (χ1n) is 7.64. The largest absolute Gasteiger partial charge is 0.356 e. The predicted molar refractivity (Wildman–Crippen MR) is 94.7 cm³/mol. The minimum Gasteiger partial charge on any atom is -0.356 e. The molecule has 2 N–H and O–H groups in total. The van der Waals surface area contributed by atoms with Gasteiger partial charge in [-0.3, -0.25) is 4.99 Å². The molecular weight excluding hydrogens is 300 g/mol. The number of rotatable bonds is 5. The van der Waals surface area contributed by atoms with Crippen LogP contribution in [0.3, 0.4) is 0 Å². The molecule has 118 valence electrons. The van der Waals surface area contributed by atoms with Crippen LogP contribution >= 0.6 is 23.1 Å². The Kier molecular flexibility index (Phi) is 6.83. The Morgan fingerprint density at radius 3 is 2.67 bits per heavy atom. The number of nitrogens with zero attached hydrogens (tertiary/aromatic N) is 2. The molecule has 1 saturated heterocycles. The van der Waals surface area contributed by atoms with Crippen molar-refractivity contribution in [2.24, 2.45) is 10.9 Å². The van der Waals surface area contributed by atoms with Crippen molar-refractivity contribution >= 4 is 29.1 Å². The Labute approximate surface area is 136 Å². The van der Waals surface area contributed by atoms with Crippen LogP contribution in [-0.2, 0) is 6.42 Å². The second-order valence-corrected chi connectivity index (χ2v) is 7.95. The van der Waals surface area contributed by atoms with E-state index in [0.29, 0.717) is 0 Å². The molecule has 1 aromatic heterocycles. The summed E-state index contributed by atoms with van der Waals surface area (Å²) in [4.78, 5) is 10.2. The number of aryl methyl sites for hydroxylation is 2. The minimum absolute atomic E-state index is 0.800. The topological polar surface area (TPSA) is 49.3 Å². The average Bonchev–Trinajstić information content (AvgIpc) is 2.82. The molecule has 0 bridgehead atoms. The number of aromatic nitrogens is 1. The van der Waals surface area contributed by atoms with Crippen LogP contribution < -0.4 is 10.6 Å². The molecule has 1 aromatic rings. The van der Waals surface area contributed by atoms with E-state index >= 15 is 0 Å². The summed E-state index contributed by atoms with van der Waals surface area (Å²) in [6.07, 6.45) is 3.61. The molecule has 0 unspecified atom stereocenters. The number of nitrogens with one attached hydrogen (secondary N) is 2. The van der Waals surface area contributed by atoms with E-state index in [1.54, 1.807) is 11.3 Å². The summed E-state index contributed by atoms with van der Waals surface area (Å²) in [7, 11) is 1.84. The van der Waals surface area contributed by atoms with Crippen molar-refractivity contribution in [3.8, 4) is 0 Å². The molecule has 1 fully saturated rings. The van der Waals surface area contributed by atoms with Crippen molar-refractivity contribution < 1.29 is 0 Å². The summed E-state index contributed by atoms with van der Waals surface area (Å²) >= 11 is 3.87. The van der Waals surface area contributed by atoms with E-state index < -0.39 is 0 Å². The van der Waals surface area contributed by atoms with Gasteiger partial charge in [-0.25, -0.2) is 4.98 Å². The molecule has 0 spiro atoms. The van der Waals surface area contributed by atoms with Gasteiger partial charge in [-0.15, -0.1) is 11.3 Å². The molecule has 2 rings (SSSR count). The maximum atomic E-state index is 4.57. The summed E-state index contributed by atoms with van der Waals surface area (Å²) in [5.41, 5.74) is 1.16. The number of guanidine groups is 1. The minimum atomic E-state index is 0.800. The summed E-state index contributed by atoms with van der Waals surface area (Å²) in [6.45, 7) is 6.13. The Morgan fingerprint density at radius 2 is 2.05 bits per heavy atom. The Bertz CT molecular complexity index is 445. The monoisotopic (exact) mass is 326 g/mol. The van der Waals surface area contributed by atoms with Crippen molar-refractivity contribution in [2.75, 3.05) is 31.6 Å². The SMILES string of the molecule is CN=C(NCCc1nc(C)c(C)s1)NCC1CCSCC1. The molecule has 1 aliphatic heterocycles. The number of aliphatic imine (C=N–C) groups is 1. The van der Waals surface area contributed by atoms with Gasteiger partial charge >= 0.3 is 0 Å². The lowest BCUT2D eigenvalue weighted by Crippen LogP contribution is -2.41. The number of hydrogen-bond acceptors (Lipinski definition) is 4. The molecule has 0 amide bonds. The van der Waals surface area contributed by atoms with Gasteiger partial charge in [-0.2, -0.15) is 11.8 Å². The van der Waals surface area contributed by atoms with Crippen LogP contribution in [0, 0.1) is 19.8 Å². The Morgan fingerprint density at radius 1 is 1.29 bits per heavy atom. The van der Waals surface area contributed by atoms with Gasteiger partial charge in [-0.1, -0.05) is 0 Å². The molecule has 2 heterocycles. The molecule has 1 aliphatic rings. The van der Waals surface area contributed by atoms with Crippen molar-refractivity contribution in [2.45, 2.75) is 33.1 Å². The van der Waals surface area contributed by atoms with Crippen LogP contribution in [0.4, 0.5) is 0 Å². The van der Waals surface area contributed by atoms with Crippen molar-refractivity contribution in [1.29, 1.82) is 0 Å². The molecule has 0 radical (unpaired) electrons. The van der Waals surface area contributed by atoms with Gasteiger partial charge in [0.2, 0.25) is 0 Å². The van der Waals surface area contributed by atoms with Gasteiger partial charge in [0.1, 0.15) is 0 Å². The lowest BCUT2D eigenvalue weighted by Gasteiger charge is -2.22. The Balaban J connectivity index is 1.67. The summed E-state index contributed by atoms with van der Waals surface area (Å²) in [6, 6.07) is 0. The second-order valence-electron chi connectivity index (χ2n) is 5.43. The number of hydrogen-bond donors (Lipinski definition) is 2. The smallest absolute Gasteiger partial charge is 0.190 e. The van der Waals surface area contributed by atoms with Crippen LogP contribution in [0.25, 0.3) is 0 Å². The van der Waals surface area contributed by atoms with Gasteiger partial charge < -0.3 is 10.6 Å². The highest BCUT2D eigenvalue weighted by Crippen LogP contribution is 2.21. The van der Waals surface area contributed by atoms with Crippen LogP contribution in [0.5, 0.6) is 0 Å². The molecule has 21 heavy (non-hydrogen) atoms. The zero-order valence-electron chi connectivity index (χ0n) is 13.2. The second kappa shape index (κ2) is 8.63. The highest BCUT2D eigenvalue weighted by molar-refractivity contribution is 7.99. The normalized spacial score (nSPS) is 17.0. The third kappa shape index (κ3) is 5.51. The van der Waals surface area contributed by atoms with Gasteiger partial charge in [0, 0.05) is 31.4 Å². The molecule has 0 atom stereocenters. The fourth-order valence-corrected chi connectivity index (χ4v) is 4.48. The summed E-state index contributed by atoms with van der Waals surface area (Å²) < 4.78 is 0. The highest BCUT2D eigenvalue weighted by Gasteiger charge is 2.13. The average molecular weight is 327 g/mol. The van der Waals surface area contributed by atoms with Gasteiger partial charge in [0.25, 0.3) is 0 Å². The van der Waals surface area contributed by atoms with Gasteiger partial charge in [0.05, 0.1) is 10.7 Å². The fourth-order valence-electron chi connectivity index (χ4n) is 2.35. The van der Waals surface area contributed by atoms with Crippen LogP contribution in [0.1, 0.15) is 28.4 Å². The number of thioether (sulfide) groups is 1. The third-order valence-corrected chi connectivity index (χ3v) is 6.01. The van der Waals surface area contributed by atoms with E-state index in [0.717, 1.165) is 37.1 Å². The van der Waals surface area contributed by atoms with Crippen LogP contribution in [0.15, 0.2) is 4.99 Å². The zero-order valence-corrected chi connectivity index (χ0v) is 14.9. The van der Waals surface area contributed by atoms with Crippen LogP contribution in [0.2, 0.25) is 0 Å². The number of thiazole rings is 1. The van der Waals surface area contributed by atoms with Crippen molar-refractivity contribution in [3.63, 3.8) is 0 Å². The van der Waals surface area contributed by atoms with E-state index in [4.69, 9.17) is 0 Å². The first kappa shape index (κ1) is 16.6. The molecular formula is C15H26N4S2. The van der Waals surface area contributed by atoms with Gasteiger partial charge in [0.15, 0.2) is 5.96 Å². The molecule has 0 aromatic carbocycles. The first-order valence-corrected chi connectivity index (χ1v) is 9.61. The summed E-state index contributed by atoms with van der Waals surface area (Å²) in [5, 5.41) is 8.05. The summed E-state index contributed by atoms with van der Waals surface area (Å²) in [5.74, 6) is 4.33. The van der Waals surface area contributed by atoms with Crippen molar-refractivity contribution in [3.05, 3.63) is 15.6 Å². The zero-order chi connectivity index (χ0) is 15.1. The lowest BCUT2D eigenvalue weighted by atomic mass is 10.0. The maximum absolute atomic E-state index is 4.57. The fraction of sp³-hybridized carbons (Fsp3) is 0.733. The van der Waals surface area contributed by atoms with Crippen molar-refractivity contribution in [1.82, 2.24) is 15.6 Å². The van der Waals surface area contributed by atoms with E-state index in [-0.39, 0.29) is 0 Å². The van der Waals surface area contributed by atoms with Crippen LogP contribution in [-0.4, -0.2) is 42.6 Å². The van der Waals surface area contributed by atoms with E-state index in [2.05, 4.69) is 46.2 Å². The quantitative estimate of drug-likeness (QED) is 0.645. The highest BCUT2D eigenvalue weighted by atomic mass is 32.2. The van der Waals surface area contributed by atoms with E-state index in [9.17, 15) is 0 Å². The molecule has 0 saturated carbocycles. The first-order chi connectivity index (χ1) is 10.2. The third-order valence-electron chi connectivity index (χ3n) is 3.83. The standard InChI is InChI=1S/C15H26N4S2/c1-11-12(2)21-14(19-11)4-7-17-15(16-3)18-10-13-5-8-20-9-6-13/h13H,4-10H2,1-3H3,(H2,16,17,18). The molecule has 4 nitrogen and oxygen atoms in total. The van der Waals surface area contributed by atoms with Gasteiger partial charge in [-0.05, 0) is 44.1 Å². The molecule has 0 aliphatic carbocycles. The maximum Gasteiger partial charge on any atom is 0.190 e. The predicted octanol–water partition coefficient (Wildman–Crippen LogP) is 2.61. The lowest BCUT2D eigenvalue weighted by molar-refractivity contribution is 0.479. The van der Waals surface area contributed by atoms with E-state index in [1.165, 1.54) is 34.2 Å². The Hall–Kier alpha value is -0.750.